The van der Waals surface area contributed by atoms with Crippen LogP contribution in [0.5, 0.6) is 0 Å². The number of rotatable bonds is 7. The predicted octanol–water partition coefficient (Wildman–Crippen LogP) is 2.74. The van der Waals surface area contributed by atoms with Crippen LogP contribution >= 0.6 is 24.8 Å². The summed E-state index contributed by atoms with van der Waals surface area (Å²) < 4.78 is 5.38. The lowest BCUT2D eigenvalue weighted by molar-refractivity contribution is -0.136. The lowest BCUT2D eigenvalue weighted by Gasteiger charge is -2.34. The summed E-state index contributed by atoms with van der Waals surface area (Å²) in [5.74, 6) is 0.0558. The molecular formula is C19H33Cl2N3O2. The Morgan fingerprint density at radius 1 is 1.23 bits per heavy atom. The first-order valence-corrected chi connectivity index (χ1v) is 8.81. The Morgan fingerprint density at radius 3 is 2.35 bits per heavy atom. The minimum atomic E-state index is -0.470. The van der Waals surface area contributed by atoms with Crippen molar-refractivity contribution in [2.45, 2.75) is 45.8 Å². The zero-order valence-corrected chi connectivity index (χ0v) is 17.6. The van der Waals surface area contributed by atoms with Gasteiger partial charge < -0.3 is 15.8 Å². The number of nitrogens with two attached hydrogens (primary N) is 1. The molecular weight excluding hydrogens is 373 g/mol. The van der Waals surface area contributed by atoms with Crippen molar-refractivity contribution in [1.29, 1.82) is 0 Å². The second-order valence-electron chi connectivity index (χ2n) is 7.06. The minimum Gasteiger partial charge on any atom is -0.381 e. The SMILES string of the molecule is CC(C)N(C)Cc1ccccc1CNC(=O)C1(CN)CCOCC1.Cl.Cl. The van der Waals surface area contributed by atoms with Gasteiger partial charge in [0.2, 0.25) is 5.91 Å². The van der Waals surface area contributed by atoms with E-state index in [0.29, 0.717) is 45.2 Å². The van der Waals surface area contributed by atoms with Gasteiger partial charge in [-0.3, -0.25) is 9.69 Å². The van der Waals surface area contributed by atoms with Gasteiger partial charge >= 0.3 is 0 Å². The van der Waals surface area contributed by atoms with Crippen molar-refractivity contribution in [3.8, 4) is 0 Å². The number of nitrogens with one attached hydrogen (secondary N) is 1. The Morgan fingerprint density at radius 2 is 1.81 bits per heavy atom. The lowest BCUT2D eigenvalue weighted by Crippen LogP contribution is -2.49. The molecule has 0 atom stereocenters. The fourth-order valence-corrected chi connectivity index (χ4v) is 2.98. The Labute approximate surface area is 169 Å². The van der Waals surface area contributed by atoms with Crippen molar-refractivity contribution in [3.63, 3.8) is 0 Å². The van der Waals surface area contributed by atoms with Crippen molar-refractivity contribution in [2.24, 2.45) is 11.1 Å². The van der Waals surface area contributed by atoms with Gasteiger partial charge in [-0.15, -0.1) is 24.8 Å². The number of hydrogen-bond acceptors (Lipinski definition) is 4. The highest BCUT2D eigenvalue weighted by Crippen LogP contribution is 2.29. The number of carbonyl (C=O) groups is 1. The maximum atomic E-state index is 12.7. The molecule has 1 fully saturated rings. The Hall–Kier alpha value is -0.850. The van der Waals surface area contributed by atoms with Crippen LogP contribution in [0.2, 0.25) is 0 Å². The molecule has 0 aliphatic carbocycles. The summed E-state index contributed by atoms with van der Waals surface area (Å²) in [6.45, 7) is 7.38. The van der Waals surface area contributed by atoms with Crippen LogP contribution in [0.4, 0.5) is 0 Å². The largest absolute Gasteiger partial charge is 0.381 e. The number of hydrogen-bond donors (Lipinski definition) is 2. The second kappa shape index (κ2) is 11.8. The molecule has 1 aliphatic heterocycles. The smallest absolute Gasteiger partial charge is 0.227 e. The maximum Gasteiger partial charge on any atom is 0.227 e. The first kappa shape index (κ1) is 25.1. The Balaban J connectivity index is 0.00000312. The average molecular weight is 406 g/mol. The zero-order chi connectivity index (χ0) is 17.6. The topological polar surface area (TPSA) is 67.6 Å². The fourth-order valence-electron chi connectivity index (χ4n) is 2.98. The molecule has 26 heavy (non-hydrogen) atoms. The van der Waals surface area contributed by atoms with Gasteiger partial charge in [-0.2, -0.15) is 0 Å². The van der Waals surface area contributed by atoms with E-state index in [0.717, 1.165) is 12.1 Å². The predicted molar refractivity (Wildman–Crippen MR) is 111 cm³/mol. The standard InChI is InChI=1S/C19H31N3O2.2ClH/c1-15(2)22(3)13-17-7-5-4-6-16(17)12-21-18(23)19(14-20)8-10-24-11-9-19;;/h4-7,15H,8-14,20H2,1-3H3,(H,21,23);2*1H. The zero-order valence-electron chi connectivity index (χ0n) is 16.0. The van der Waals surface area contributed by atoms with E-state index >= 15 is 0 Å². The van der Waals surface area contributed by atoms with Crippen molar-refractivity contribution in [1.82, 2.24) is 10.2 Å². The number of carbonyl (C=O) groups excluding carboxylic acids is 1. The molecule has 0 unspecified atom stereocenters. The van der Waals surface area contributed by atoms with Gasteiger partial charge in [-0.1, -0.05) is 24.3 Å². The molecule has 5 nitrogen and oxygen atoms in total. The van der Waals surface area contributed by atoms with Crippen LogP contribution in [0.15, 0.2) is 24.3 Å². The first-order valence-electron chi connectivity index (χ1n) is 8.81. The molecule has 1 amide bonds. The Kier molecular flexibility index (Phi) is 11.4. The fraction of sp³-hybridized carbons (Fsp3) is 0.632. The summed E-state index contributed by atoms with van der Waals surface area (Å²) in [5, 5.41) is 3.11. The maximum absolute atomic E-state index is 12.7. The molecule has 0 spiro atoms. The molecule has 0 saturated carbocycles. The molecule has 1 aromatic carbocycles. The summed E-state index contributed by atoms with van der Waals surface area (Å²) in [4.78, 5) is 15.0. The Bertz CT molecular complexity index is 549. The van der Waals surface area contributed by atoms with Crippen LogP contribution in [0, 0.1) is 5.41 Å². The van der Waals surface area contributed by atoms with Gasteiger partial charge in [-0.05, 0) is 44.9 Å². The normalized spacial score (nSPS) is 15.9. The van der Waals surface area contributed by atoms with E-state index in [1.165, 1.54) is 5.56 Å². The molecule has 0 bridgehead atoms. The third kappa shape index (κ3) is 6.39. The third-order valence-corrected chi connectivity index (χ3v) is 5.18. The van der Waals surface area contributed by atoms with E-state index in [1.807, 2.05) is 6.07 Å². The van der Waals surface area contributed by atoms with Crippen LogP contribution in [0.3, 0.4) is 0 Å². The van der Waals surface area contributed by atoms with Crippen LogP contribution in [-0.2, 0) is 22.6 Å². The monoisotopic (exact) mass is 405 g/mol. The summed E-state index contributed by atoms with van der Waals surface area (Å²) in [5.41, 5.74) is 7.86. The van der Waals surface area contributed by atoms with E-state index in [-0.39, 0.29) is 30.7 Å². The number of benzene rings is 1. The molecule has 1 aliphatic rings. The first-order chi connectivity index (χ1) is 11.5. The van der Waals surface area contributed by atoms with Gasteiger partial charge in [-0.25, -0.2) is 0 Å². The van der Waals surface area contributed by atoms with E-state index < -0.39 is 5.41 Å². The van der Waals surface area contributed by atoms with Crippen molar-refractivity contribution in [2.75, 3.05) is 26.8 Å². The molecule has 150 valence electrons. The van der Waals surface area contributed by atoms with Gasteiger partial charge in [0.1, 0.15) is 0 Å². The number of nitrogens with zero attached hydrogens (tertiary/aromatic N) is 1. The number of amides is 1. The van der Waals surface area contributed by atoms with E-state index in [1.54, 1.807) is 0 Å². The van der Waals surface area contributed by atoms with Crippen molar-refractivity contribution < 1.29 is 9.53 Å². The van der Waals surface area contributed by atoms with Crippen LogP contribution in [-0.4, -0.2) is 43.7 Å². The summed E-state index contributed by atoms with van der Waals surface area (Å²) in [7, 11) is 2.12. The molecule has 7 heteroatoms. The second-order valence-corrected chi connectivity index (χ2v) is 7.06. The molecule has 3 N–H and O–H groups in total. The number of ether oxygens (including phenoxy) is 1. The minimum absolute atomic E-state index is 0. The van der Waals surface area contributed by atoms with Crippen molar-refractivity contribution >= 4 is 30.7 Å². The van der Waals surface area contributed by atoms with Gasteiger partial charge in [0.25, 0.3) is 0 Å². The summed E-state index contributed by atoms with van der Waals surface area (Å²) in [6, 6.07) is 8.77. The third-order valence-electron chi connectivity index (χ3n) is 5.18. The van der Waals surface area contributed by atoms with Crippen LogP contribution in [0.1, 0.15) is 37.8 Å². The van der Waals surface area contributed by atoms with E-state index in [4.69, 9.17) is 10.5 Å². The molecule has 1 heterocycles. The molecule has 1 aromatic rings. The molecule has 0 radical (unpaired) electrons. The quantitative estimate of drug-likeness (QED) is 0.731. The molecule has 2 rings (SSSR count). The summed E-state index contributed by atoms with van der Waals surface area (Å²) >= 11 is 0. The number of halogens is 2. The highest BCUT2D eigenvalue weighted by Gasteiger charge is 2.38. The van der Waals surface area contributed by atoms with Crippen LogP contribution in [0.25, 0.3) is 0 Å². The highest BCUT2D eigenvalue weighted by atomic mass is 35.5. The van der Waals surface area contributed by atoms with Gasteiger partial charge in [0.05, 0.1) is 5.41 Å². The van der Waals surface area contributed by atoms with E-state index in [2.05, 4.69) is 49.3 Å². The highest BCUT2D eigenvalue weighted by molar-refractivity contribution is 5.85. The summed E-state index contributed by atoms with van der Waals surface area (Å²) in [6.07, 6.45) is 1.40. The lowest BCUT2D eigenvalue weighted by atomic mass is 9.79. The van der Waals surface area contributed by atoms with E-state index in [9.17, 15) is 4.79 Å². The van der Waals surface area contributed by atoms with Gasteiger partial charge in [0, 0.05) is 38.9 Å². The van der Waals surface area contributed by atoms with Crippen LogP contribution < -0.4 is 11.1 Å². The van der Waals surface area contributed by atoms with Gasteiger partial charge in [0.15, 0.2) is 0 Å². The molecule has 0 aromatic heterocycles. The average Bonchev–Trinajstić information content (AvgIpc) is 2.61. The van der Waals surface area contributed by atoms with Crippen molar-refractivity contribution in [3.05, 3.63) is 35.4 Å². The molecule has 1 saturated heterocycles.